The van der Waals surface area contributed by atoms with E-state index in [-0.39, 0.29) is 6.04 Å². The molecular weight excluding hydrogens is 226 g/mol. The molecule has 1 atom stereocenters. The number of hydrogen-bond donors (Lipinski definition) is 1. The highest BCUT2D eigenvalue weighted by atomic mass is 16.5. The van der Waals surface area contributed by atoms with Gasteiger partial charge in [0.2, 0.25) is 0 Å². The number of aromatic nitrogens is 2. The number of methoxy groups -OCH3 is 1. The van der Waals surface area contributed by atoms with Crippen LogP contribution in [0.1, 0.15) is 24.2 Å². The fourth-order valence-corrected chi connectivity index (χ4v) is 1.97. The van der Waals surface area contributed by atoms with E-state index in [0.29, 0.717) is 0 Å². The van der Waals surface area contributed by atoms with Gasteiger partial charge in [-0.3, -0.25) is 0 Å². The molecule has 0 aliphatic rings. The molecular formula is C14H19N3O. The van der Waals surface area contributed by atoms with Crippen molar-refractivity contribution >= 4 is 0 Å². The standard InChI is InChI=1S/C14H19N3O/c1-11(15)14-9-16-10-17(14)7-6-12-4-3-5-13(8-12)18-2/h3-5,8-11H,6-7,15H2,1-2H3. The lowest BCUT2D eigenvalue weighted by Crippen LogP contribution is -2.12. The van der Waals surface area contributed by atoms with Crippen LogP contribution in [0.5, 0.6) is 5.75 Å². The highest BCUT2D eigenvalue weighted by Crippen LogP contribution is 2.15. The van der Waals surface area contributed by atoms with Crippen LogP contribution in [0.3, 0.4) is 0 Å². The van der Waals surface area contributed by atoms with Crippen LogP contribution in [0, 0.1) is 0 Å². The zero-order valence-electron chi connectivity index (χ0n) is 10.8. The van der Waals surface area contributed by atoms with Gasteiger partial charge in [-0.05, 0) is 31.0 Å². The van der Waals surface area contributed by atoms with E-state index in [9.17, 15) is 0 Å². The van der Waals surface area contributed by atoms with Crippen LogP contribution in [-0.2, 0) is 13.0 Å². The van der Waals surface area contributed by atoms with Gasteiger partial charge < -0.3 is 15.0 Å². The summed E-state index contributed by atoms with van der Waals surface area (Å²) < 4.78 is 7.32. The Morgan fingerprint density at radius 3 is 3.00 bits per heavy atom. The molecule has 1 heterocycles. The molecule has 0 radical (unpaired) electrons. The molecule has 2 N–H and O–H groups in total. The fraction of sp³-hybridized carbons (Fsp3) is 0.357. The maximum absolute atomic E-state index is 5.89. The summed E-state index contributed by atoms with van der Waals surface area (Å²) in [4.78, 5) is 4.15. The predicted molar refractivity (Wildman–Crippen MR) is 71.5 cm³/mol. The first-order valence-electron chi connectivity index (χ1n) is 6.09. The zero-order chi connectivity index (χ0) is 13.0. The minimum Gasteiger partial charge on any atom is -0.497 e. The van der Waals surface area contributed by atoms with E-state index in [4.69, 9.17) is 10.5 Å². The molecule has 2 aromatic rings. The molecule has 0 fully saturated rings. The number of rotatable bonds is 5. The first-order chi connectivity index (χ1) is 8.70. The van der Waals surface area contributed by atoms with E-state index in [0.717, 1.165) is 24.4 Å². The molecule has 1 aromatic carbocycles. The molecule has 1 unspecified atom stereocenters. The molecule has 1 aromatic heterocycles. The quantitative estimate of drug-likeness (QED) is 0.878. The third kappa shape index (κ3) is 2.90. The number of aryl methyl sites for hydroxylation is 2. The molecule has 2 rings (SSSR count). The van der Waals surface area contributed by atoms with Crippen LogP contribution in [0.15, 0.2) is 36.8 Å². The summed E-state index contributed by atoms with van der Waals surface area (Å²) in [5.41, 5.74) is 8.21. The van der Waals surface area contributed by atoms with E-state index in [1.54, 1.807) is 7.11 Å². The van der Waals surface area contributed by atoms with Gasteiger partial charge in [0.05, 0.1) is 19.1 Å². The van der Waals surface area contributed by atoms with Crippen molar-refractivity contribution in [2.45, 2.75) is 25.9 Å². The molecule has 0 bridgehead atoms. The fourth-order valence-electron chi connectivity index (χ4n) is 1.97. The Kier molecular flexibility index (Phi) is 3.99. The number of hydrogen-bond acceptors (Lipinski definition) is 3. The van der Waals surface area contributed by atoms with E-state index in [2.05, 4.69) is 21.7 Å². The van der Waals surface area contributed by atoms with Gasteiger partial charge in [-0.15, -0.1) is 0 Å². The van der Waals surface area contributed by atoms with E-state index < -0.39 is 0 Å². The number of nitrogens with zero attached hydrogens (tertiary/aromatic N) is 2. The summed E-state index contributed by atoms with van der Waals surface area (Å²) >= 11 is 0. The van der Waals surface area contributed by atoms with Crippen molar-refractivity contribution in [1.82, 2.24) is 9.55 Å². The largest absolute Gasteiger partial charge is 0.497 e. The van der Waals surface area contributed by atoms with Gasteiger partial charge in [0.1, 0.15) is 5.75 Å². The third-order valence-corrected chi connectivity index (χ3v) is 2.99. The second kappa shape index (κ2) is 5.69. The Morgan fingerprint density at radius 1 is 1.44 bits per heavy atom. The Labute approximate surface area is 107 Å². The molecule has 4 nitrogen and oxygen atoms in total. The number of benzene rings is 1. The molecule has 0 saturated carbocycles. The first kappa shape index (κ1) is 12.6. The number of imidazole rings is 1. The maximum Gasteiger partial charge on any atom is 0.119 e. The number of ether oxygens (including phenoxy) is 1. The molecule has 0 amide bonds. The second-order valence-corrected chi connectivity index (χ2v) is 4.40. The minimum absolute atomic E-state index is 0.0119. The average molecular weight is 245 g/mol. The van der Waals surface area contributed by atoms with Gasteiger partial charge in [-0.2, -0.15) is 0 Å². The molecule has 0 spiro atoms. The lowest BCUT2D eigenvalue weighted by molar-refractivity contribution is 0.414. The van der Waals surface area contributed by atoms with E-state index in [1.165, 1.54) is 5.56 Å². The van der Waals surface area contributed by atoms with E-state index in [1.807, 2.05) is 31.6 Å². The van der Waals surface area contributed by atoms with Gasteiger partial charge in [0.25, 0.3) is 0 Å². The van der Waals surface area contributed by atoms with Crippen molar-refractivity contribution in [1.29, 1.82) is 0 Å². The normalized spacial score (nSPS) is 12.4. The Bertz CT molecular complexity index is 505. The maximum atomic E-state index is 5.89. The van der Waals surface area contributed by atoms with E-state index >= 15 is 0 Å². The summed E-state index contributed by atoms with van der Waals surface area (Å²) in [6.07, 6.45) is 4.60. The molecule has 96 valence electrons. The SMILES string of the molecule is COc1cccc(CCn2cncc2C(C)N)c1. The van der Waals surface area contributed by atoms with Crippen LogP contribution < -0.4 is 10.5 Å². The molecule has 0 saturated heterocycles. The Balaban J connectivity index is 2.04. The summed E-state index contributed by atoms with van der Waals surface area (Å²) in [5.74, 6) is 0.894. The monoisotopic (exact) mass is 245 g/mol. The van der Waals surface area contributed by atoms with Crippen molar-refractivity contribution < 1.29 is 4.74 Å². The van der Waals surface area contributed by atoms with Crippen LogP contribution in [0.2, 0.25) is 0 Å². The van der Waals surface area contributed by atoms with Crippen LogP contribution in [0.25, 0.3) is 0 Å². The average Bonchev–Trinajstić information content (AvgIpc) is 2.85. The summed E-state index contributed by atoms with van der Waals surface area (Å²) in [6.45, 7) is 2.85. The molecule has 4 heteroatoms. The van der Waals surface area contributed by atoms with Crippen molar-refractivity contribution in [2.75, 3.05) is 7.11 Å². The highest BCUT2D eigenvalue weighted by molar-refractivity contribution is 5.28. The lowest BCUT2D eigenvalue weighted by Gasteiger charge is -2.11. The van der Waals surface area contributed by atoms with Gasteiger partial charge >= 0.3 is 0 Å². The predicted octanol–water partition coefficient (Wildman–Crippen LogP) is 2.15. The summed E-state index contributed by atoms with van der Waals surface area (Å²) in [6, 6.07) is 8.13. The first-order valence-corrected chi connectivity index (χ1v) is 6.09. The molecule has 0 aliphatic carbocycles. The van der Waals surface area contributed by atoms with Gasteiger partial charge in [0.15, 0.2) is 0 Å². The van der Waals surface area contributed by atoms with Crippen LogP contribution in [-0.4, -0.2) is 16.7 Å². The Morgan fingerprint density at radius 2 is 2.28 bits per heavy atom. The molecule has 18 heavy (non-hydrogen) atoms. The van der Waals surface area contributed by atoms with Crippen LogP contribution in [0.4, 0.5) is 0 Å². The van der Waals surface area contributed by atoms with Gasteiger partial charge in [0, 0.05) is 18.8 Å². The zero-order valence-corrected chi connectivity index (χ0v) is 10.8. The van der Waals surface area contributed by atoms with Crippen molar-refractivity contribution in [3.63, 3.8) is 0 Å². The summed E-state index contributed by atoms with van der Waals surface area (Å²) in [7, 11) is 1.68. The third-order valence-electron chi connectivity index (χ3n) is 2.99. The summed E-state index contributed by atoms with van der Waals surface area (Å²) in [5, 5.41) is 0. The van der Waals surface area contributed by atoms with Crippen molar-refractivity contribution in [2.24, 2.45) is 5.73 Å². The van der Waals surface area contributed by atoms with Crippen molar-refractivity contribution in [3.8, 4) is 5.75 Å². The smallest absolute Gasteiger partial charge is 0.119 e. The second-order valence-electron chi connectivity index (χ2n) is 4.40. The minimum atomic E-state index is 0.0119. The Hall–Kier alpha value is -1.81. The van der Waals surface area contributed by atoms with Crippen LogP contribution >= 0.6 is 0 Å². The lowest BCUT2D eigenvalue weighted by atomic mass is 10.1. The highest BCUT2D eigenvalue weighted by Gasteiger charge is 2.06. The van der Waals surface area contributed by atoms with Gasteiger partial charge in [-0.25, -0.2) is 4.98 Å². The van der Waals surface area contributed by atoms with Gasteiger partial charge in [-0.1, -0.05) is 12.1 Å². The molecule has 0 aliphatic heterocycles. The number of nitrogens with two attached hydrogens (primary N) is 1. The van der Waals surface area contributed by atoms with Crippen molar-refractivity contribution in [3.05, 3.63) is 48.0 Å². The topological polar surface area (TPSA) is 53.1 Å².